The Morgan fingerprint density at radius 3 is 2.48 bits per heavy atom. The summed E-state index contributed by atoms with van der Waals surface area (Å²) in [6.45, 7) is 1.65. The van der Waals surface area contributed by atoms with Gasteiger partial charge < -0.3 is 14.5 Å². The minimum absolute atomic E-state index is 0.0770. The van der Waals surface area contributed by atoms with Crippen molar-refractivity contribution < 1.29 is 18.3 Å². The first-order valence-corrected chi connectivity index (χ1v) is 9.73. The van der Waals surface area contributed by atoms with Crippen LogP contribution in [0, 0.1) is 12.7 Å². The Bertz CT molecular complexity index is 1180. The van der Waals surface area contributed by atoms with Gasteiger partial charge in [0.2, 0.25) is 11.8 Å². The van der Waals surface area contributed by atoms with Crippen molar-refractivity contribution >= 4 is 5.91 Å². The number of nitrogens with zero attached hydrogens (tertiary/aromatic N) is 2. The van der Waals surface area contributed by atoms with Crippen LogP contribution in [0.5, 0.6) is 5.75 Å². The quantitative estimate of drug-likeness (QED) is 0.480. The Kier molecular flexibility index (Phi) is 6.03. The number of aromatic nitrogens is 2. The van der Waals surface area contributed by atoms with Crippen molar-refractivity contribution in [2.45, 2.75) is 13.0 Å². The first-order valence-electron chi connectivity index (χ1n) is 9.73. The van der Waals surface area contributed by atoms with Crippen LogP contribution in [-0.4, -0.2) is 22.7 Å². The summed E-state index contributed by atoms with van der Waals surface area (Å²) in [4.78, 5) is 12.6. The summed E-state index contributed by atoms with van der Waals surface area (Å²) in [7, 11) is 0. The van der Waals surface area contributed by atoms with E-state index in [9.17, 15) is 9.18 Å². The maximum Gasteiger partial charge on any atom is 0.258 e. The molecule has 31 heavy (non-hydrogen) atoms. The van der Waals surface area contributed by atoms with Crippen molar-refractivity contribution in [2.24, 2.45) is 0 Å². The summed E-state index contributed by atoms with van der Waals surface area (Å²) in [5.74, 6) is 0.0165. The van der Waals surface area contributed by atoms with E-state index in [1.165, 1.54) is 6.07 Å². The zero-order valence-electron chi connectivity index (χ0n) is 16.8. The number of aryl methyl sites for hydroxylation is 1. The minimum Gasteiger partial charge on any atom is -0.484 e. The number of hydrogen-bond acceptors (Lipinski definition) is 5. The highest BCUT2D eigenvalue weighted by Crippen LogP contribution is 2.26. The van der Waals surface area contributed by atoms with Gasteiger partial charge in [-0.2, -0.15) is 0 Å². The predicted molar refractivity (Wildman–Crippen MR) is 113 cm³/mol. The lowest BCUT2D eigenvalue weighted by Crippen LogP contribution is -2.34. The Balaban J connectivity index is 1.57. The third kappa shape index (κ3) is 4.78. The van der Waals surface area contributed by atoms with Crippen molar-refractivity contribution in [1.29, 1.82) is 0 Å². The second-order valence-corrected chi connectivity index (χ2v) is 6.89. The predicted octanol–water partition coefficient (Wildman–Crippen LogP) is 4.47. The molecule has 0 saturated heterocycles. The topological polar surface area (TPSA) is 77.2 Å². The highest BCUT2D eigenvalue weighted by molar-refractivity contribution is 5.78. The number of carbonyl (C=O) groups excluding carboxylic acids is 1. The van der Waals surface area contributed by atoms with Gasteiger partial charge in [-0.25, -0.2) is 4.39 Å². The number of amides is 1. The first kappa shape index (κ1) is 20.3. The van der Waals surface area contributed by atoms with Gasteiger partial charge in [0.25, 0.3) is 5.91 Å². The molecule has 0 fully saturated rings. The van der Waals surface area contributed by atoms with Crippen LogP contribution in [0.1, 0.15) is 23.1 Å². The molecule has 4 rings (SSSR count). The Morgan fingerprint density at radius 2 is 1.71 bits per heavy atom. The van der Waals surface area contributed by atoms with Crippen LogP contribution in [0.4, 0.5) is 4.39 Å². The summed E-state index contributed by atoms with van der Waals surface area (Å²) in [5, 5.41) is 10.9. The number of rotatable bonds is 7. The van der Waals surface area contributed by atoms with Crippen LogP contribution in [0.3, 0.4) is 0 Å². The lowest BCUT2D eigenvalue weighted by Gasteiger charge is -2.17. The molecule has 6 nitrogen and oxygen atoms in total. The monoisotopic (exact) mass is 417 g/mol. The van der Waals surface area contributed by atoms with E-state index in [2.05, 4.69) is 15.5 Å². The van der Waals surface area contributed by atoms with Crippen molar-refractivity contribution in [3.63, 3.8) is 0 Å². The average molecular weight is 417 g/mol. The Morgan fingerprint density at radius 1 is 1.00 bits per heavy atom. The number of halogens is 1. The molecule has 0 unspecified atom stereocenters. The lowest BCUT2D eigenvalue weighted by molar-refractivity contribution is -0.123. The van der Waals surface area contributed by atoms with Crippen LogP contribution in [0.15, 0.2) is 83.3 Å². The van der Waals surface area contributed by atoms with Crippen LogP contribution in [0.2, 0.25) is 0 Å². The molecule has 1 atom stereocenters. The molecular weight excluding hydrogens is 397 g/mol. The third-order valence-corrected chi connectivity index (χ3v) is 4.68. The van der Waals surface area contributed by atoms with Crippen molar-refractivity contribution in [3.8, 4) is 17.2 Å². The van der Waals surface area contributed by atoms with Gasteiger partial charge in [0.05, 0.1) is 0 Å². The molecule has 0 saturated carbocycles. The largest absolute Gasteiger partial charge is 0.484 e. The maximum atomic E-state index is 14.5. The Hall–Kier alpha value is -4.00. The molecule has 0 aliphatic rings. The van der Waals surface area contributed by atoms with Crippen LogP contribution >= 0.6 is 0 Å². The van der Waals surface area contributed by atoms with Crippen molar-refractivity contribution in [2.75, 3.05) is 6.61 Å². The summed E-state index contributed by atoms with van der Waals surface area (Å²) < 4.78 is 25.9. The van der Waals surface area contributed by atoms with E-state index in [0.29, 0.717) is 5.75 Å². The number of nitrogens with one attached hydrogen (secondary N) is 1. The van der Waals surface area contributed by atoms with Gasteiger partial charge >= 0.3 is 0 Å². The highest BCUT2D eigenvalue weighted by atomic mass is 19.1. The number of hydrogen-bond donors (Lipinski definition) is 1. The van der Waals surface area contributed by atoms with E-state index in [-0.39, 0.29) is 24.0 Å². The molecule has 0 aliphatic heterocycles. The summed E-state index contributed by atoms with van der Waals surface area (Å²) in [6, 6.07) is 21.8. The van der Waals surface area contributed by atoms with Crippen LogP contribution in [0.25, 0.3) is 11.5 Å². The van der Waals surface area contributed by atoms with Gasteiger partial charge in [-0.05, 0) is 36.8 Å². The lowest BCUT2D eigenvalue weighted by atomic mass is 10.1. The minimum atomic E-state index is -0.959. The standard InChI is InChI=1S/C24H20FN3O3/c1-16-9-5-8-14-20(16)30-15-21(29)26-22(18-12-6-7-13-19(18)25)24-28-27-23(31-24)17-10-3-2-4-11-17/h2-14,22H,15H2,1H3,(H,26,29)/t22-/m0/s1. The van der Waals surface area contributed by atoms with Gasteiger partial charge in [0, 0.05) is 11.1 Å². The molecule has 0 bridgehead atoms. The van der Waals surface area contributed by atoms with E-state index in [4.69, 9.17) is 9.15 Å². The van der Waals surface area contributed by atoms with Gasteiger partial charge in [0.1, 0.15) is 17.6 Å². The summed E-state index contributed by atoms with van der Waals surface area (Å²) in [5.41, 5.74) is 1.85. The highest BCUT2D eigenvalue weighted by Gasteiger charge is 2.26. The molecule has 1 aromatic heterocycles. The van der Waals surface area contributed by atoms with Gasteiger partial charge in [-0.1, -0.05) is 54.6 Å². The Labute approximate surface area is 178 Å². The number of carbonyl (C=O) groups is 1. The van der Waals surface area contributed by atoms with Crippen molar-refractivity contribution in [1.82, 2.24) is 15.5 Å². The smallest absolute Gasteiger partial charge is 0.258 e. The molecule has 0 radical (unpaired) electrons. The maximum absolute atomic E-state index is 14.5. The average Bonchev–Trinajstić information content (AvgIpc) is 3.28. The zero-order chi connectivity index (χ0) is 21.6. The summed E-state index contributed by atoms with van der Waals surface area (Å²) in [6.07, 6.45) is 0. The molecular formula is C24H20FN3O3. The molecule has 4 aromatic rings. The van der Waals surface area contributed by atoms with Gasteiger partial charge in [-0.3, -0.25) is 4.79 Å². The fourth-order valence-corrected chi connectivity index (χ4v) is 3.09. The first-order chi connectivity index (χ1) is 15.1. The van der Waals surface area contributed by atoms with Crippen LogP contribution in [-0.2, 0) is 4.79 Å². The fourth-order valence-electron chi connectivity index (χ4n) is 3.09. The van der Waals surface area contributed by atoms with E-state index in [1.54, 1.807) is 24.3 Å². The molecule has 1 heterocycles. The fraction of sp³-hybridized carbons (Fsp3) is 0.125. The second-order valence-electron chi connectivity index (χ2n) is 6.89. The van der Waals surface area contributed by atoms with E-state index >= 15 is 0 Å². The van der Waals surface area contributed by atoms with Crippen molar-refractivity contribution in [3.05, 3.63) is 102 Å². The SMILES string of the molecule is Cc1ccccc1OCC(=O)N[C@H](c1nnc(-c2ccccc2)o1)c1ccccc1F. The summed E-state index contributed by atoms with van der Waals surface area (Å²) >= 11 is 0. The molecule has 3 aromatic carbocycles. The number of benzene rings is 3. The van der Waals surface area contributed by atoms with Gasteiger partial charge in [0.15, 0.2) is 6.61 Å². The third-order valence-electron chi connectivity index (χ3n) is 4.68. The molecule has 0 aliphatic carbocycles. The van der Waals surface area contributed by atoms with Crippen LogP contribution < -0.4 is 10.1 Å². The molecule has 1 amide bonds. The molecule has 1 N–H and O–H groups in total. The second kappa shape index (κ2) is 9.21. The van der Waals surface area contributed by atoms with E-state index in [0.717, 1.165) is 11.1 Å². The zero-order valence-corrected chi connectivity index (χ0v) is 16.8. The van der Waals surface area contributed by atoms with E-state index in [1.807, 2.05) is 55.5 Å². The molecule has 0 spiro atoms. The number of ether oxygens (including phenoxy) is 1. The molecule has 156 valence electrons. The van der Waals surface area contributed by atoms with E-state index < -0.39 is 17.8 Å². The number of para-hydroxylation sites is 1. The molecule has 7 heteroatoms. The van der Waals surface area contributed by atoms with Gasteiger partial charge in [-0.15, -0.1) is 10.2 Å². The normalized spacial score (nSPS) is 11.7.